The summed E-state index contributed by atoms with van der Waals surface area (Å²) in [6.45, 7) is 3.03. The molecule has 3 heteroatoms. The van der Waals surface area contributed by atoms with Gasteiger partial charge in [0.2, 0.25) is 0 Å². The van der Waals surface area contributed by atoms with Crippen LogP contribution in [0.3, 0.4) is 0 Å². The molecule has 0 saturated heterocycles. The van der Waals surface area contributed by atoms with Crippen molar-refractivity contribution in [2.45, 2.75) is 6.92 Å². The number of aromatic nitrogens is 2. The van der Waals surface area contributed by atoms with Crippen LogP contribution in [0.4, 0.5) is 5.69 Å². The molecule has 2 aromatic rings. The molecule has 1 heterocycles. The monoisotopic (exact) mass is 187 g/mol. The molecular formula is C11H13N3. The van der Waals surface area contributed by atoms with Crippen molar-refractivity contribution in [1.29, 1.82) is 0 Å². The fourth-order valence-electron chi connectivity index (χ4n) is 1.42. The van der Waals surface area contributed by atoms with Crippen LogP contribution in [0.1, 0.15) is 6.92 Å². The van der Waals surface area contributed by atoms with Crippen molar-refractivity contribution in [2.24, 2.45) is 0 Å². The van der Waals surface area contributed by atoms with E-state index in [9.17, 15) is 0 Å². The third-order valence-corrected chi connectivity index (χ3v) is 2.08. The molecule has 0 spiro atoms. The van der Waals surface area contributed by atoms with Gasteiger partial charge in [-0.05, 0) is 24.6 Å². The van der Waals surface area contributed by atoms with E-state index < -0.39 is 0 Å². The Morgan fingerprint density at radius 3 is 3.00 bits per heavy atom. The molecule has 72 valence electrons. The maximum absolute atomic E-state index is 3.93. The van der Waals surface area contributed by atoms with Crippen molar-refractivity contribution in [3.8, 4) is 11.1 Å². The summed E-state index contributed by atoms with van der Waals surface area (Å²) in [5.41, 5.74) is 3.44. The van der Waals surface area contributed by atoms with Gasteiger partial charge in [-0.2, -0.15) is 5.10 Å². The van der Waals surface area contributed by atoms with Crippen molar-refractivity contribution in [3.05, 3.63) is 36.7 Å². The summed E-state index contributed by atoms with van der Waals surface area (Å²) in [6.07, 6.45) is 3.72. The Kier molecular flexibility index (Phi) is 2.49. The van der Waals surface area contributed by atoms with E-state index >= 15 is 0 Å². The summed E-state index contributed by atoms with van der Waals surface area (Å²) in [5.74, 6) is 0. The smallest absolute Gasteiger partial charge is 0.0565 e. The van der Waals surface area contributed by atoms with E-state index in [4.69, 9.17) is 0 Å². The van der Waals surface area contributed by atoms with Crippen molar-refractivity contribution < 1.29 is 0 Å². The van der Waals surface area contributed by atoms with E-state index in [-0.39, 0.29) is 0 Å². The molecule has 0 aliphatic carbocycles. The summed E-state index contributed by atoms with van der Waals surface area (Å²) in [5, 5.41) is 10.0. The second-order valence-electron chi connectivity index (χ2n) is 3.10. The zero-order valence-corrected chi connectivity index (χ0v) is 8.12. The largest absolute Gasteiger partial charge is 0.385 e. The minimum atomic E-state index is 0.939. The predicted octanol–water partition coefficient (Wildman–Crippen LogP) is 2.51. The quantitative estimate of drug-likeness (QED) is 0.775. The van der Waals surface area contributed by atoms with Gasteiger partial charge in [-0.15, -0.1) is 0 Å². The lowest BCUT2D eigenvalue weighted by atomic mass is 10.1. The van der Waals surface area contributed by atoms with Crippen LogP contribution >= 0.6 is 0 Å². The Labute approximate surface area is 83.2 Å². The molecule has 2 N–H and O–H groups in total. The van der Waals surface area contributed by atoms with Crippen molar-refractivity contribution >= 4 is 5.69 Å². The van der Waals surface area contributed by atoms with Gasteiger partial charge in [-0.1, -0.05) is 12.1 Å². The second-order valence-corrected chi connectivity index (χ2v) is 3.10. The molecule has 0 saturated carbocycles. The summed E-state index contributed by atoms with van der Waals surface area (Å²) < 4.78 is 0. The third kappa shape index (κ3) is 1.76. The van der Waals surface area contributed by atoms with E-state index in [0.29, 0.717) is 0 Å². The number of hydrogen-bond donors (Lipinski definition) is 2. The summed E-state index contributed by atoms with van der Waals surface area (Å²) in [4.78, 5) is 0. The molecule has 1 aromatic carbocycles. The summed E-state index contributed by atoms with van der Waals surface area (Å²) in [6, 6.07) is 8.30. The number of nitrogens with one attached hydrogen (secondary N) is 2. The molecule has 0 bridgehead atoms. The SMILES string of the molecule is CCNc1cccc(-c2cn[nH]c2)c1. The normalized spacial score (nSPS) is 10.1. The van der Waals surface area contributed by atoms with E-state index in [1.165, 1.54) is 5.56 Å². The van der Waals surface area contributed by atoms with Crippen LogP contribution in [-0.2, 0) is 0 Å². The second kappa shape index (κ2) is 3.96. The minimum absolute atomic E-state index is 0.939. The standard InChI is InChI=1S/C11H13N3/c1-2-12-11-5-3-4-9(6-11)10-7-13-14-8-10/h3-8,12H,2H2,1H3,(H,13,14). The molecule has 0 atom stereocenters. The number of benzene rings is 1. The maximum Gasteiger partial charge on any atom is 0.0565 e. The first-order valence-corrected chi connectivity index (χ1v) is 4.73. The first-order chi connectivity index (χ1) is 6.90. The highest BCUT2D eigenvalue weighted by atomic mass is 15.1. The highest BCUT2D eigenvalue weighted by molar-refractivity contribution is 5.66. The molecule has 0 unspecified atom stereocenters. The molecular weight excluding hydrogens is 174 g/mol. The van der Waals surface area contributed by atoms with Gasteiger partial charge < -0.3 is 5.32 Å². The average molecular weight is 187 g/mol. The van der Waals surface area contributed by atoms with Crippen molar-refractivity contribution in [3.63, 3.8) is 0 Å². The number of H-pyrrole nitrogens is 1. The Hall–Kier alpha value is -1.77. The number of nitrogens with zero attached hydrogens (tertiary/aromatic N) is 1. The maximum atomic E-state index is 3.93. The molecule has 0 fully saturated rings. The number of hydrogen-bond acceptors (Lipinski definition) is 2. The fourth-order valence-corrected chi connectivity index (χ4v) is 1.42. The van der Waals surface area contributed by atoms with Gasteiger partial charge in [0.15, 0.2) is 0 Å². The Bertz CT molecular complexity index is 393. The number of rotatable bonds is 3. The van der Waals surface area contributed by atoms with E-state index in [1.54, 1.807) is 0 Å². The molecule has 0 aliphatic heterocycles. The first kappa shape index (κ1) is 8.81. The van der Waals surface area contributed by atoms with Gasteiger partial charge >= 0.3 is 0 Å². The molecule has 2 rings (SSSR count). The molecule has 1 aromatic heterocycles. The molecule has 14 heavy (non-hydrogen) atoms. The van der Waals surface area contributed by atoms with Gasteiger partial charge in [-0.25, -0.2) is 0 Å². The highest BCUT2D eigenvalue weighted by Crippen LogP contribution is 2.20. The van der Waals surface area contributed by atoms with Crippen LogP contribution in [0.5, 0.6) is 0 Å². The van der Waals surface area contributed by atoms with Gasteiger partial charge in [0, 0.05) is 24.0 Å². The van der Waals surface area contributed by atoms with Gasteiger partial charge in [0.05, 0.1) is 6.20 Å². The fraction of sp³-hybridized carbons (Fsp3) is 0.182. The van der Waals surface area contributed by atoms with E-state index in [0.717, 1.165) is 17.8 Å². The van der Waals surface area contributed by atoms with Crippen molar-refractivity contribution in [2.75, 3.05) is 11.9 Å². The Morgan fingerprint density at radius 2 is 2.29 bits per heavy atom. The Morgan fingerprint density at radius 1 is 1.36 bits per heavy atom. The van der Waals surface area contributed by atoms with Gasteiger partial charge in [-0.3, -0.25) is 5.10 Å². The van der Waals surface area contributed by atoms with Crippen LogP contribution in [-0.4, -0.2) is 16.7 Å². The van der Waals surface area contributed by atoms with Crippen LogP contribution in [0.2, 0.25) is 0 Å². The topological polar surface area (TPSA) is 40.7 Å². The van der Waals surface area contributed by atoms with E-state index in [2.05, 4.69) is 40.6 Å². The summed E-state index contributed by atoms with van der Waals surface area (Å²) in [7, 11) is 0. The van der Waals surface area contributed by atoms with Crippen LogP contribution < -0.4 is 5.32 Å². The lowest BCUT2D eigenvalue weighted by Gasteiger charge is -2.04. The predicted molar refractivity (Wildman–Crippen MR) is 58.2 cm³/mol. The zero-order chi connectivity index (χ0) is 9.80. The number of anilines is 1. The lowest BCUT2D eigenvalue weighted by Crippen LogP contribution is -1.95. The third-order valence-electron chi connectivity index (χ3n) is 2.08. The first-order valence-electron chi connectivity index (χ1n) is 4.73. The lowest BCUT2D eigenvalue weighted by molar-refractivity contribution is 1.09. The molecule has 0 amide bonds. The zero-order valence-electron chi connectivity index (χ0n) is 8.12. The van der Waals surface area contributed by atoms with Crippen LogP contribution in [0.25, 0.3) is 11.1 Å². The van der Waals surface area contributed by atoms with Gasteiger partial charge in [0.25, 0.3) is 0 Å². The van der Waals surface area contributed by atoms with Gasteiger partial charge in [0.1, 0.15) is 0 Å². The van der Waals surface area contributed by atoms with Crippen molar-refractivity contribution in [1.82, 2.24) is 10.2 Å². The summed E-state index contributed by atoms with van der Waals surface area (Å²) >= 11 is 0. The van der Waals surface area contributed by atoms with Crippen LogP contribution in [0, 0.1) is 0 Å². The molecule has 0 radical (unpaired) electrons. The molecule has 3 nitrogen and oxygen atoms in total. The average Bonchev–Trinajstić information content (AvgIpc) is 2.71. The van der Waals surface area contributed by atoms with Crippen LogP contribution in [0.15, 0.2) is 36.7 Å². The Balaban J connectivity index is 2.31. The highest BCUT2D eigenvalue weighted by Gasteiger charge is 1.98. The minimum Gasteiger partial charge on any atom is -0.385 e. The molecule has 0 aliphatic rings. The van der Waals surface area contributed by atoms with E-state index in [1.807, 2.05) is 18.5 Å². The number of aromatic amines is 1.